The van der Waals surface area contributed by atoms with Crippen LogP contribution in [0.5, 0.6) is 0 Å². The standard InChI is InChI=1S/C17H32N4/c1-15(13-20-9-3-4-10-20)12-19-16(18-2)21-11-8-17(14-21)6-5-7-17/h15H,3-14H2,1-2H3,(H,18,19). The Morgan fingerprint density at radius 1 is 1.14 bits per heavy atom. The number of likely N-dealkylation sites (tertiary alicyclic amines) is 2. The van der Waals surface area contributed by atoms with Crippen LogP contribution in [0.25, 0.3) is 0 Å². The summed E-state index contributed by atoms with van der Waals surface area (Å²) >= 11 is 0. The maximum absolute atomic E-state index is 4.52. The van der Waals surface area contributed by atoms with Gasteiger partial charge in [0.05, 0.1) is 0 Å². The van der Waals surface area contributed by atoms with Crippen molar-refractivity contribution in [2.75, 3.05) is 46.3 Å². The zero-order valence-electron chi connectivity index (χ0n) is 13.9. The third kappa shape index (κ3) is 3.53. The molecule has 2 heterocycles. The van der Waals surface area contributed by atoms with Gasteiger partial charge in [-0.1, -0.05) is 13.3 Å². The van der Waals surface area contributed by atoms with Gasteiger partial charge in [0.25, 0.3) is 0 Å². The van der Waals surface area contributed by atoms with Crippen molar-refractivity contribution < 1.29 is 0 Å². The van der Waals surface area contributed by atoms with Crippen molar-refractivity contribution in [1.82, 2.24) is 15.1 Å². The molecule has 0 aromatic rings. The molecule has 120 valence electrons. The first-order valence-electron chi connectivity index (χ1n) is 8.89. The largest absolute Gasteiger partial charge is 0.356 e. The van der Waals surface area contributed by atoms with Gasteiger partial charge in [-0.3, -0.25) is 4.99 Å². The molecule has 1 saturated carbocycles. The van der Waals surface area contributed by atoms with Crippen LogP contribution in [0.3, 0.4) is 0 Å². The highest BCUT2D eigenvalue weighted by Gasteiger charge is 2.43. The number of aliphatic imine (C=N–C) groups is 1. The van der Waals surface area contributed by atoms with E-state index in [1.54, 1.807) is 0 Å². The Labute approximate surface area is 130 Å². The summed E-state index contributed by atoms with van der Waals surface area (Å²) in [6.07, 6.45) is 8.46. The third-order valence-corrected chi connectivity index (χ3v) is 5.74. The van der Waals surface area contributed by atoms with Crippen molar-refractivity contribution in [3.05, 3.63) is 0 Å². The van der Waals surface area contributed by atoms with E-state index >= 15 is 0 Å². The molecule has 0 radical (unpaired) electrons. The molecule has 1 aliphatic carbocycles. The van der Waals surface area contributed by atoms with Gasteiger partial charge < -0.3 is 15.1 Å². The molecule has 3 aliphatic rings. The zero-order valence-corrected chi connectivity index (χ0v) is 13.9. The maximum atomic E-state index is 4.52. The van der Waals surface area contributed by atoms with E-state index in [-0.39, 0.29) is 0 Å². The number of hydrogen-bond donors (Lipinski definition) is 1. The minimum atomic E-state index is 0.652. The lowest BCUT2D eigenvalue weighted by Crippen LogP contribution is -2.44. The predicted molar refractivity (Wildman–Crippen MR) is 88.7 cm³/mol. The Morgan fingerprint density at radius 2 is 1.90 bits per heavy atom. The van der Waals surface area contributed by atoms with Crippen molar-refractivity contribution in [2.24, 2.45) is 16.3 Å². The molecule has 1 N–H and O–H groups in total. The average Bonchev–Trinajstić information content (AvgIpc) is 3.08. The molecule has 1 spiro atoms. The van der Waals surface area contributed by atoms with Crippen LogP contribution < -0.4 is 5.32 Å². The minimum absolute atomic E-state index is 0.652. The molecule has 4 heteroatoms. The van der Waals surface area contributed by atoms with Crippen LogP contribution in [0.4, 0.5) is 0 Å². The number of guanidine groups is 1. The van der Waals surface area contributed by atoms with Gasteiger partial charge >= 0.3 is 0 Å². The Balaban J connectivity index is 1.42. The van der Waals surface area contributed by atoms with E-state index in [1.807, 2.05) is 7.05 Å². The SMILES string of the molecule is CN=C(NCC(C)CN1CCCC1)N1CCC2(CCC2)C1. The summed E-state index contributed by atoms with van der Waals surface area (Å²) in [7, 11) is 1.93. The van der Waals surface area contributed by atoms with Gasteiger partial charge in [-0.25, -0.2) is 0 Å². The second-order valence-corrected chi connectivity index (χ2v) is 7.57. The highest BCUT2D eigenvalue weighted by molar-refractivity contribution is 5.80. The molecule has 21 heavy (non-hydrogen) atoms. The van der Waals surface area contributed by atoms with Gasteiger partial charge in [-0.2, -0.15) is 0 Å². The van der Waals surface area contributed by atoms with Gasteiger partial charge in [-0.15, -0.1) is 0 Å². The average molecular weight is 292 g/mol. The summed E-state index contributed by atoms with van der Waals surface area (Å²) in [6, 6.07) is 0. The summed E-state index contributed by atoms with van der Waals surface area (Å²) in [4.78, 5) is 9.61. The van der Waals surface area contributed by atoms with Crippen molar-refractivity contribution in [1.29, 1.82) is 0 Å². The molecule has 3 rings (SSSR count). The first kappa shape index (κ1) is 15.1. The normalized spacial score (nSPS) is 27.1. The van der Waals surface area contributed by atoms with Crippen molar-refractivity contribution in [3.63, 3.8) is 0 Å². The molecular weight excluding hydrogens is 260 g/mol. The minimum Gasteiger partial charge on any atom is -0.356 e. The van der Waals surface area contributed by atoms with Gasteiger partial charge in [0.15, 0.2) is 5.96 Å². The van der Waals surface area contributed by atoms with E-state index in [0.29, 0.717) is 11.3 Å². The second-order valence-electron chi connectivity index (χ2n) is 7.57. The van der Waals surface area contributed by atoms with Crippen LogP contribution in [-0.2, 0) is 0 Å². The highest BCUT2D eigenvalue weighted by atomic mass is 15.3. The van der Waals surface area contributed by atoms with E-state index < -0.39 is 0 Å². The van der Waals surface area contributed by atoms with E-state index in [0.717, 1.165) is 12.5 Å². The first-order chi connectivity index (χ1) is 10.2. The van der Waals surface area contributed by atoms with Crippen molar-refractivity contribution in [2.45, 2.75) is 45.4 Å². The van der Waals surface area contributed by atoms with Crippen LogP contribution in [0.1, 0.15) is 45.4 Å². The predicted octanol–water partition coefficient (Wildman–Crippen LogP) is 2.17. The Morgan fingerprint density at radius 3 is 2.48 bits per heavy atom. The fourth-order valence-electron chi connectivity index (χ4n) is 4.27. The molecule has 2 aliphatic heterocycles. The molecule has 3 fully saturated rings. The van der Waals surface area contributed by atoms with E-state index in [2.05, 4.69) is 27.0 Å². The summed E-state index contributed by atoms with van der Waals surface area (Å²) in [6.45, 7) is 9.66. The van der Waals surface area contributed by atoms with E-state index in [4.69, 9.17) is 0 Å². The van der Waals surface area contributed by atoms with Gasteiger partial charge in [0, 0.05) is 33.2 Å². The topological polar surface area (TPSA) is 30.9 Å². The van der Waals surface area contributed by atoms with Crippen molar-refractivity contribution >= 4 is 5.96 Å². The summed E-state index contributed by atoms with van der Waals surface area (Å²) in [5.41, 5.74) is 0.652. The van der Waals surface area contributed by atoms with Crippen LogP contribution in [0.2, 0.25) is 0 Å². The van der Waals surface area contributed by atoms with E-state index in [1.165, 1.54) is 71.2 Å². The fraction of sp³-hybridized carbons (Fsp3) is 0.941. The van der Waals surface area contributed by atoms with Gasteiger partial charge in [-0.05, 0) is 56.5 Å². The summed E-state index contributed by atoms with van der Waals surface area (Å²) < 4.78 is 0. The smallest absolute Gasteiger partial charge is 0.193 e. The Hall–Kier alpha value is -0.770. The fourth-order valence-corrected chi connectivity index (χ4v) is 4.27. The number of nitrogens with zero attached hydrogens (tertiary/aromatic N) is 3. The van der Waals surface area contributed by atoms with E-state index in [9.17, 15) is 0 Å². The van der Waals surface area contributed by atoms with Crippen LogP contribution >= 0.6 is 0 Å². The van der Waals surface area contributed by atoms with Crippen molar-refractivity contribution in [3.8, 4) is 0 Å². The van der Waals surface area contributed by atoms with Crippen LogP contribution in [0, 0.1) is 11.3 Å². The number of hydrogen-bond acceptors (Lipinski definition) is 2. The monoisotopic (exact) mass is 292 g/mol. The second kappa shape index (κ2) is 6.55. The number of nitrogens with one attached hydrogen (secondary N) is 1. The molecule has 2 saturated heterocycles. The lowest BCUT2D eigenvalue weighted by atomic mass is 9.68. The molecule has 1 unspecified atom stereocenters. The van der Waals surface area contributed by atoms with Gasteiger partial charge in [0.2, 0.25) is 0 Å². The Bertz CT molecular complexity index is 369. The van der Waals surface area contributed by atoms with Crippen LogP contribution in [-0.4, -0.2) is 62.1 Å². The highest BCUT2D eigenvalue weighted by Crippen LogP contribution is 2.47. The molecule has 0 aromatic heterocycles. The maximum Gasteiger partial charge on any atom is 0.193 e. The molecule has 4 nitrogen and oxygen atoms in total. The van der Waals surface area contributed by atoms with Crippen LogP contribution in [0.15, 0.2) is 4.99 Å². The van der Waals surface area contributed by atoms with Gasteiger partial charge in [0.1, 0.15) is 0 Å². The number of rotatable bonds is 4. The quantitative estimate of drug-likeness (QED) is 0.636. The lowest BCUT2D eigenvalue weighted by Gasteiger charge is -2.38. The molecule has 0 aromatic carbocycles. The Kier molecular flexibility index (Phi) is 4.72. The molecule has 0 bridgehead atoms. The first-order valence-corrected chi connectivity index (χ1v) is 8.89. The lowest BCUT2D eigenvalue weighted by molar-refractivity contribution is 0.151. The zero-order chi connectivity index (χ0) is 14.7. The summed E-state index contributed by atoms with van der Waals surface area (Å²) in [5, 5.41) is 3.62. The molecular formula is C17H32N4. The molecule has 0 amide bonds. The molecule has 1 atom stereocenters. The summed E-state index contributed by atoms with van der Waals surface area (Å²) in [5.74, 6) is 1.83. The third-order valence-electron chi connectivity index (χ3n) is 5.74.